The summed E-state index contributed by atoms with van der Waals surface area (Å²) in [5, 5.41) is 2.56. The van der Waals surface area contributed by atoms with Crippen molar-refractivity contribution >= 4 is 38.9 Å². The molecule has 1 atom stereocenters. The lowest BCUT2D eigenvalue weighted by Gasteiger charge is -2.45. The third kappa shape index (κ3) is 4.04. The van der Waals surface area contributed by atoms with Crippen LogP contribution in [0, 0.1) is 0 Å². The number of benzene rings is 10. The van der Waals surface area contributed by atoms with E-state index in [4.69, 9.17) is 0 Å². The highest BCUT2D eigenvalue weighted by atomic mass is 15.2. The number of hydrogen-bond acceptors (Lipinski definition) is 1. The molecule has 318 valence electrons. The second kappa shape index (κ2) is 12.4. The van der Waals surface area contributed by atoms with E-state index in [0.717, 1.165) is 0 Å². The quantitative estimate of drug-likeness (QED) is 0.168. The van der Waals surface area contributed by atoms with E-state index in [1.165, 1.54) is 139 Å². The topological polar surface area (TPSA) is 8.17 Å². The molecule has 0 radical (unpaired) electrons. The van der Waals surface area contributed by atoms with Crippen LogP contribution >= 0.6 is 0 Å². The normalized spacial score (nSPS) is 17.3. The average molecular weight is 865 g/mol. The summed E-state index contributed by atoms with van der Waals surface area (Å²) in [5.41, 5.74) is 29.1. The maximum absolute atomic E-state index is 2.64. The molecule has 0 saturated carbocycles. The smallest absolute Gasteiger partial charge is 0.0754 e. The van der Waals surface area contributed by atoms with Gasteiger partial charge in [0.05, 0.1) is 39.2 Å². The van der Waals surface area contributed by atoms with Crippen molar-refractivity contribution in [3.05, 3.63) is 262 Å². The van der Waals surface area contributed by atoms with Crippen molar-refractivity contribution < 1.29 is 0 Å². The highest BCUT2D eigenvalue weighted by Crippen LogP contribution is 2.68. The Labute approximate surface area is 396 Å². The minimum atomic E-state index is -0.538. The Morgan fingerprint density at radius 1 is 0.309 bits per heavy atom. The minimum Gasteiger partial charge on any atom is -0.309 e. The third-order valence-electron chi connectivity index (χ3n) is 17.1. The van der Waals surface area contributed by atoms with Crippen LogP contribution in [0.15, 0.2) is 212 Å². The first-order valence-electron chi connectivity index (χ1n) is 24.2. The van der Waals surface area contributed by atoms with E-state index in [-0.39, 0.29) is 10.8 Å². The summed E-state index contributed by atoms with van der Waals surface area (Å²) in [4.78, 5) is 2.64. The SMILES string of the molecule is CC1(C)c2ccccc2-c2ccc3c(c21)C1(C)c2ccccc2-c2cccc(c21)N3c1ccccc1-c1cccc2c1-n1c3ccccc3c3cccc(c31)C21c2ccccc2-c2ccccc21. The number of aromatic nitrogens is 1. The molecular formula is C66H44N2. The lowest BCUT2D eigenvalue weighted by Crippen LogP contribution is -2.35. The van der Waals surface area contributed by atoms with Crippen LogP contribution in [-0.2, 0) is 16.2 Å². The Kier molecular flexibility index (Phi) is 6.75. The van der Waals surface area contributed by atoms with Crippen molar-refractivity contribution in [3.8, 4) is 50.2 Å². The monoisotopic (exact) mass is 864 g/mol. The maximum atomic E-state index is 2.64. The first-order chi connectivity index (χ1) is 33.4. The summed E-state index contributed by atoms with van der Waals surface area (Å²) in [6, 6.07) is 81.1. The number of fused-ring (bicyclic) bond motifs is 21. The lowest BCUT2D eigenvalue weighted by molar-refractivity contribution is 0.615. The molecule has 68 heavy (non-hydrogen) atoms. The number of para-hydroxylation sites is 4. The van der Waals surface area contributed by atoms with Crippen LogP contribution in [0.1, 0.15) is 70.8 Å². The van der Waals surface area contributed by atoms with Gasteiger partial charge in [-0.05, 0) is 115 Å². The van der Waals surface area contributed by atoms with Crippen molar-refractivity contribution in [2.75, 3.05) is 4.90 Å². The van der Waals surface area contributed by atoms with Crippen LogP contribution in [0.4, 0.5) is 17.1 Å². The maximum Gasteiger partial charge on any atom is 0.0754 e. The Morgan fingerprint density at radius 2 is 0.794 bits per heavy atom. The van der Waals surface area contributed by atoms with Gasteiger partial charge < -0.3 is 9.47 Å². The molecule has 0 amide bonds. The van der Waals surface area contributed by atoms with Crippen LogP contribution in [0.3, 0.4) is 0 Å². The predicted molar refractivity (Wildman–Crippen MR) is 280 cm³/mol. The Balaban J connectivity index is 1.04. The zero-order chi connectivity index (χ0) is 44.8. The van der Waals surface area contributed by atoms with E-state index in [1.54, 1.807) is 0 Å². The van der Waals surface area contributed by atoms with Crippen molar-refractivity contribution in [2.45, 2.75) is 37.0 Å². The van der Waals surface area contributed by atoms with E-state index in [9.17, 15) is 0 Å². The molecule has 3 heterocycles. The van der Waals surface area contributed by atoms with Gasteiger partial charge in [0.2, 0.25) is 0 Å². The van der Waals surface area contributed by atoms with Gasteiger partial charge in [0.15, 0.2) is 0 Å². The summed E-state index contributed by atoms with van der Waals surface area (Å²) < 4.78 is 2.63. The van der Waals surface area contributed by atoms with Gasteiger partial charge in [-0.1, -0.05) is 202 Å². The van der Waals surface area contributed by atoms with Crippen molar-refractivity contribution in [3.63, 3.8) is 0 Å². The fourth-order valence-electron chi connectivity index (χ4n) is 14.7. The molecule has 2 heteroatoms. The summed E-state index contributed by atoms with van der Waals surface area (Å²) in [5.74, 6) is 0. The third-order valence-corrected chi connectivity index (χ3v) is 17.1. The minimum absolute atomic E-state index is 0.218. The number of hydrogen-bond donors (Lipinski definition) is 0. The largest absolute Gasteiger partial charge is 0.309 e. The second-order valence-corrected chi connectivity index (χ2v) is 20.4. The molecule has 5 aliphatic rings. The van der Waals surface area contributed by atoms with E-state index < -0.39 is 5.41 Å². The van der Waals surface area contributed by atoms with Gasteiger partial charge in [-0.2, -0.15) is 0 Å². The molecular weight excluding hydrogens is 821 g/mol. The molecule has 16 rings (SSSR count). The van der Waals surface area contributed by atoms with Crippen LogP contribution in [-0.4, -0.2) is 4.57 Å². The van der Waals surface area contributed by atoms with Crippen molar-refractivity contribution in [1.29, 1.82) is 0 Å². The van der Waals surface area contributed by atoms with E-state index in [1.807, 2.05) is 0 Å². The highest BCUT2D eigenvalue weighted by Gasteiger charge is 2.54. The molecule has 0 fully saturated rings. The molecule has 3 aliphatic carbocycles. The van der Waals surface area contributed by atoms with Gasteiger partial charge in [-0.15, -0.1) is 0 Å². The Hall–Kier alpha value is -8.20. The molecule has 2 nitrogen and oxygen atoms in total. The average Bonchev–Trinajstić information content (AvgIpc) is 4.05. The molecule has 1 spiro atoms. The van der Waals surface area contributed by atoms with Crippen LogP contribution in [0.5, 0.6) is 0 Å². The molecule has 0 N–H and O–H groups in total. The summed E-state index contributed by atoms with van der Waals surface area (Å²) in [7, 11) is 0. The lowest BCUT2D eigenvalue weighted by atomic mass is 9.64. The molecule has 11 aromatic rings. The summed E-state index contributed by atoms with van der Waals surface area (Å²) >= 11 is 0. The van der Waals surface area contributed by atoms with Gasteiger partial charge in [0.1, 0.15) is 0 Å². The van der Waals surface area contributed by atoms with Crippen molar-refractivity contribution in [1.82, 2.24) is 4.57 Å². The molecule has 2 aliphatic heterocycles. The zero-order valence-corrected chi connectivity index (χ0v) is 38.1. The Morgan fingerprint density at radius 3 is 1.56 bits per heavy atom. The highest BCUT2D eigenvalue weighted by molar-refractivity contribution is 6.14. The van der Waals surface area contributed by atoms with E-state index in [0.29, 0.717) is 0 Å². The van der Waals surface area contributed by atoms with Gasteiger partial charge >= 0.3 is 0 Å². The predicted octanol–water partition coefficient (Wildman–Crippen LogP) is 16.6. The van der Waals surface area contributed by atoms with Gasteiger partial charge in [0, 0.05) is 32.7 Å². The van der Waals surface area contributed by atoms with Gasteiger partial charge in [-0.3, -0.25) is 0 Å². The summed E-state index contributed by atoms with van der Waals surface area (Å²) in [6.07, 6.45) is 0. The number of anilines is 3. The molecule has 10 aromatic carbocycles. The molecule has 1 aromatic heterocycles. The zero-order valence-electron chi connectivity index (χ0n) is 38.1. The van der Waals surface area contributed by atoms with Crippen LogP contribution < -0.4 is 4.90 Å². The van der Waals surface area contributed by atoms with Gasteiger partial charge in [0.25, 0.3) is 0 Å². The second-order valence-electron chi connectivity index (χ2n) is 20.4. The first kappa shape index (κ1) is 37.0. The number of rotatable bonds is 2. The van der Waals surface area contributed by atoms with E-state index in [2.05, 4.69) is 243 Å². The Bertz CT molecular complexity index is 4060. The van der Waals surface area contributed by atoms with E-state index >= 15 is 0 Å². The molecule has 1 unspecified atom stereocenters. The standard InChI is InChI=1S/C66H44N2/c1-64(2)49-28-10-4-21-41(49)46-37-38-58-61(60(46)64)65(3)50-29-11-5-22-42(50)45-25-18-36-57(59(45)65)67(58)55-34-14-8-23-43(55)47-26-16-32-53-62(47)68-56-35-15-9-24-44(56)48-27-17-33-54(63(48)68)66(53)51-30-12-6-19-39(51)40-20-7-13-31-52(40)66/h4-38H,1-3H3. The summed E-state index contributed by atoms with van der Waals surface area (Å²) in [6.45, 7) is 7.42. The van der Waals surface area contributed by atoms with Gasteiger partial charge in [-0.25, -0.2) is 0 Å². The fraction of sp³-hybridized carbons (Fsp3) is 0.0909. The van der Waals surface area contributed by atoms with Crippen LogP contribution in [0.25, 0.3) is 72.0 Å². The molecule has 0 saturated heterocycles. The van der Waals surface area contributed by atoms with Crippen molar-refractivity contribution in [2.24, 2.45) is 0 Å². The number of nitrogens with zero attached hydrogens (tertiary/aromatic N) is 2. The first-order valence-corrected chi connectivity index (χ1v) is 24.2. The molecule has 0 bridgehead atoms. The van der Waals surface area contributed by atoms with Crippen LogP contribution in [0.2, 0.25) is 0 Å². The fourth-order valence-corrected chi connectivity index (χ4v) is 14.7.